The number of aliphatic hydroxyl groups excluding tert-OH is 1. The molecule has 0 aromatic heterocycles. The van der Waals surface area contributed by atoms with Gasteiger partial charge in [-0.25, -0.2) is 0 Å². The van der Waals surface area contributed by atoms with Gasteiger partial charge in [-0.15, -0.1) is 0 Å². The van der Waals surface area contributed by atoms with Gasteiger partial charge in [-0.1, -0.05) is 0 Å². The second kappa shape index (κ2) is 3.55. The molecule has 2 rings (SSSR count). The van der Waals surface area contributed by atoms with Crippen LogP contribution in [0, 0.1) is 5.92 Å². The maximum atomic E-state index is 8.77. The zero-order valence-corrected chi connectivity index (χ0v) is 8.42. The van der Waals surface area contributed by atoms with Crippen molar-refractivity contribution in [2.45, 2.75) is 31.5 Å². The van der Waals surface area contributed by atoms with Gasteiger partial charge in [-0.2, -0.15) is 0 Å². The van der Waals surface area contributed by atoms with Gasteiger partial charge in [0.15, 0.2) is 0 Å². The van der Waals surface area contributed by atoms with Crippen LogP contribution in [0.4, 0.5) is 0 Å². The Kier molecular flexibility index (Phi) is 3.20. The smallest absolute Gasteiger partial charge is 0.0845 e. The number of ether oxygens (including phenoxy) is 1. The molecule has 0 aromatic carbocycles. The van der Waals surface area contributed by atoms with Crippen LogP contribution in [0.3, 0.4) is 0 Å². The molecule has 10 heavy (non-hydrogen) atoms. The average molecular weight is 151 g/mol. The number of aliphatic hydroxyl groups is 1. The van der Waals surface area contributed by atoms with E-state index >= 15 is 0 Å². The quantitative estimate of drug-likeness (QED) is 0.428. The minimum absolute atomic E-state index is 0. The summed E-state index contributed by atoms with van der Waals surface area (Å²) in [5, 5.41) is 8.77. The third-order valence-electron chi connectivity index (χ3n) is 2.37. The summed E-state index contributed by atoms with van der Waals surface area (Å²) in [7, 11) is 0. The van der Waals surface area contributed by atoms with E-state index in [0.717, 1.165) is 12.8 Å². The molecule has 3 atom stereocenters. The van der Waals surface area contributed by atoms with Gasteiger partial charge in [0.1, 0.15) is 0 Å². The topological polar surface area (TPSA) is 32.8 Å². The van der Waals surface area contributed by atoms with Crippen molar-refractivity contribution in [3.63, 3.8) is 0 Å². The molecule has 53 valence electrons. The molecule has 1 heterocycles. The van der Waals surface area contributed by atoms with Crippen molar-refractivity contribution < 1.29 is 9.84 Å². The summed E-state index contributed by atoms with van der Waals surface area (Å²) in [6, 6.07) is 0. The summed E-state index contributed by atoms with van der Waals surface area (Å²) >= 11 is 0. The van der Waals surface area contributed by atoms with Gasteiger partial charge >= 0.3 is 0 Å². The van der Waals surface area contributed by atoms with Crippen LogP contribution in [0.15, 0.2) is 0 Å². The van der Waals surface area contributed by atoms with Crippen molar-refractivity contribution in [2.24, 2.45) is 5.92 Å². The Morgan fingerprint density at radius 3 is 2.70 bits per heavy atom. The first-order chi connectivity index (χ1) is 4.40. The molecule has 2 fully saturated rings. The maximum Gasteiger partial charge on any atom is 0.0845 e. The van der Waals surface area contributed by atoms with Gasteiger partial charge < -0.3 is 9.84 Å². The normalized spacial score (nSPS) is 43.5. The van der Waals surface area contributed by atoms with Gasteiger partial charge in [0.05, 0.1) is 12.2 Å². The molecular formula is C7H12NaO2. The Morgan fingerprint density at radius 1 is 1.30 bits per heavy atom. The van der Waals surface area contributed by atoms with E-state index < -0.39 is 0 Å². The Hall–Kier alpha value is 0.920. The van der Waals surface area contributed by atoms with Crippen molar-refractivity contribution in [1.82, 2.24) is 0 Å². The standard InChI is InChI=1S/C7H12O2.Na/c8-4-5-1-2-6-7(3-5)9-6;/h5-8H,1-4H2;. The van der Waals surface area contributed by atoms with E-state index in [9.17, 15) is 0 Å². The first kappa shape index (κ1) is 9.01. The molecule has 0 amide bonds. The van der Waals surface area contributed by atoms with Gasteiger partial charge in [0, 0.05) is 36.2 Å². The number of rotatable bonds is 1. The van der Waals surface area contributed by atoms with Crippen LogP contribution in [-0.2, 0) is 4.74 Å². The van der Waals surface area contributed by atoms with E-state index in [-0.39, 0.29) is 29.6 Å². The average Bonchev–Trinajstić information content (AvgIpc) is 2.64. The first-order valence-corrected chi connectivity index (χ1v) is 3.66. The third-order valence-corrected chi connectivity index (χ3v) is 2.37. The van der Waals surface area contributed by atoms with Crippen molar-refractivity contribution in [1.29, 1.82) is 0 Å². The van der Waals surface area contributed by atoms with Gasteiger partial charge in [0.2, 0.25) is 0 Å². The Morgan fingerprint density at radius 2 is 2.10 bits per heavy atom. The minimum atomic E-state index is 0. The van der Waals surface area contributed by atoms with Gasteiger partial charge in [0.25, 0.3) is 0 Å². The van der Waals surface area contributed by atoms with E-state index in [1.165, 1.54) is 6.42 Å². The van der Waals surface area contributed by atoms with Gasteiger partial charge in [-0.3, -0.25) is 0 Å². The summed E-state index contributed by atoms with van der Waals surface area (Å²) in [4.78, 5) is 0. The molecule has 3 heteroatoms. The largest absolute Gasteiger partial charge is 0.396 e. The molecule has 1 saturated heterocycles. The van der Waals surface area contributed by atoms with Crippen LogP contribution in [0.2, 0.25) is 0 Å². The van der Waals surface area contributed by atoms with E-state index in [0.29, 0.717) is 24.7 Å². The molecule has 1 saturated carbocycles. The molecule has 0 aromatic rings. The van der Waals surface area contributed by atoms with Crippen molar-refractivity contribution >= 4 is 29.6 Å². The van der Waals surface area contributed by atoms with Crippen molar-refractivity contribution in [2.75, 3.05) is 6.61 Å². The molecule has 2 aliphatic rings. The SMILES string of the molecule is OCC1CCC2OC2C1.[Na]. The minimum Gasteiger partial charge on any atom is -0.396 e. The van der Waals surface area contributed by atoms with Crippen molar-refractivity contribution in [3.8, 4) is 0 Å². The summed E-state index contributed by atoms with van der Waals surface area (Å²) in [6.07, 6.45) is 4.54. The molecule has 3 unspecified atom stereocenters. The Labute approximate surface area is 83.2 Å². The zero-order chi connectivity index (χ0) is 6.27. The maximum absolute atomic E-state index is 8.77. The van der Waals surface area contributed by atoms with Crippen LogP contribution in [0.25, 0.3) is 0 Å². The predicted octanol–water partition coefficient (Wildman–Crippen LogP) is 0.165. The van der Waals surface area contributed by atoms with E-state index in [2.05, 4.69) is 0 Å². The predicted molar refractivity (Wildman–Crippen MR) is 38.8 cm³/mol. The molecule has 2 nitrogen and oxygen atoms in total. The van der Waals surface area contributed by atoms with Crippen LogP contribution in [0.1, 0.15) is 19.3 Å². The van der Waals surface area contributed by atoms with Crippen LogP contribution in [-0.4, -0.2) is 53.5 Å². The van der Waals surface area contributed by atoms with Crippen LogP contribution in [0.5, 0.6) is 0 Å². The molecule has 1 radical (unpaired) electrons. The van der Waals surface area contributed by atoms with Crippen LogP contribution < -0.4 is 0 Å². The van der Waals surface area contributed by atoms with E-state index in [1.54, 1.807) is 0 Å². The Bertz CT molecular complexity index is 118. The summed E-state index contributed by atoms with van der Waals surface area (Å²) in [5.41, 5.74) is 0. The number of fused-ring (bicyclic) bond motifs is 1. The monoisotopic (exact) mass is 151 g/mol. The molecular weight excluding hydrogens is 139 g/mol. The third kappa shape index (κ3) is 1.74. The summed E-state index contributed by atoms with van der Waals surface area (Å²) in [6.45, 7) is 0.354. The zero-order valence-electron chi connectivity index (χ0n) is 6.42. The number of epoxide rings is 1. The summed E-state index contributed by atoms with van der Waals surface area (Å²) in [5.74, 6) is 0.536. The number of hydrogen-bond acceptors (Lipinski definition) is 2. The van der Waals surface area contributed by atoms with E-state index in [1.807, 2.05) is 0 Å². The molecule has 1 N–H and O–H groups in total. The van der Waals surface area contributed by atoms with Crippen LogP contribution >= 0.6 is 0 Å². The van der Waals surface area contributed by atoms with E-state index in [4.69, 9.17) is 9.84 Å². The second-order valence-electron chi connectivity index (χ2n) is 3.07. The first-order valence-electron chi connectivity index (χ1n) is 3.66. The molecule has 1 aliphatic carbocycles. The van der Waals surface area contributed by atoms with Gasteiger partial charge in [-0.05, 0) is 25.2 Å². The molecule has 0 spiro atoms. The summed E-state index contributed by atoms with van der Waals surface area (Å²) < 4.78 is 5.30. The second-order valence-corrected chi connectivity index (χ2v) is 3.07. The number of hydrogen-bond donors (Lipinski definition) is 1. The fraction of sp³-hybridized carbons (Fsp3) is 1.00. The Balaban J connectivity index is 0.000000500. The molecule has 0 bridgehead atoms. The van der Waals surface area contributed by atoms with Crippen molar-refractivity contribution in [3.05, 3.63) is 0 Å². The molecule has 1 aliphatic heterocycles. The fourth-order valence-electron chi connectivity index (χ4n) is 1.65. The fourth-order valence-corrected chi connectivity index (χ4v) is 1.65.